The zero-order valence-corrected chi connectivity index (χ0v) is 15.6. The van der Waals surface area contributed by atoms with Gasteiger partial charge in [0.15, 0.2) is 5.88 Å². The molecule has 0 saturated heterocycles. The Morgan fingerprint density at radius 1 is 0.867 bits per heavy atom. The van der Waals surface area contributed by atoms with Crippen molar-refractivity contribution < 1.29 is 9.90 Å². The van der Waals surface area contributed by atoms with Crippen molar-refractivity contribution in [1.29, 1.82) is 0 Å². The lowest BCUT2D eigenvalue weighted by atomic mass is 10.1. The van der Waals surface area contributed by atoms with E-state index in [-0.39, 0.29) is 17.5 Å². The van der Waals surface area contributed by atoms with E-state index in [4.69, 9.17) is 0 Å². The van der Waals surface area contributed by atoms with Crippen LogP contribution >= 0.6 is 0 Å². The molecule has 0 radical (unpaired) electrons. The van der Waals surface area contributed by atoms with Crippen LogP contribution in [0.5, 0.6) is 5.88 Å². The minimum atomic E-state index is -0.239. The number of H-pyrrole nitrogens is 2. The molecule has 30 heavy (non-hydrogen) atoms. The van der Waals surface area contributed by atoms with Crippen LogP contribution in [0.1, 0.15) is 10.4 Å². The number of nitrogens with zero attached hydrogens (tertiary/aromatic N) is 1. The van der Waals surface area contributed by atoms with E-state index in [9.17, 15) is 14.8 Å². The second kappa shape index (κ2) is 6.89. The number of benzene rings is 3. The van der Waals surface area contributed by atoms with E-state index < -0.39 is 0 Å². The van der Waals surface area contributed by atoms with Crippen molar-refractivity contribution in [1.82, 2.24) is 9.97 Å². The topological polar surface area (TPSA) is 110 Å². The van der Waals surface area contributed by atoms with E-state index in [1.165, 1.54) is 0 Å². The Morgan fingerprint density at radius 3 is 2.40 bits per heavy atom. The molecule has 0 atom stereocenters. The van der Waals surface area contributed by atoms with Gasteiger partial charge in [0.25, 0.3) is 5.91 Å². The van der Waals surface area contributed by atoms with Gasteiger partial charge in [-0.1, -0.05) is 36.4 Å². The fraction of sp³-hybridized carbons (Fsp3) is 0. The van der Waals surface area contributed by atoms with Crippen LogP contribution in [0.25, 0.3) is 33.1 Å². The number of carbonyl (C=O) groups excluding carboxylic acids is 1. The Labute approximate surface area is 170 Å². The van der Waals surface area contributed by atoms with Crippen LogP contribution in [0.15, 0.2) is 78.0 Å². The lowest BCUT2D eigenvalue weighted by molar-refractivity contribution is 0.102. The second-order valence-electron chi connectivity index (χ2n) is 6.91. The summed E-state index contributed by atoms with van der Waals surface area (Å²) >= 11 is 0. The van der Waals surface area contributed by atoms with Crippen molar-refractivity contribution in [2.45, 2.75) is 0 Å². The average molecular weight is 396 g/mol. The van der Waals surface area contributed by atoms with E-state index in [0.29, 0.717) is 38.8 Å². The minimum absolute atomic E-state index is 0.0898. The summed E-state index contributed by atoms with van der Waals surface area (Å²) in [6.45, 7) is 0. The number of nitrogens with one attached hydrogen (secondary N) is 3. The van der Waals surface area contributed by atoms with Crippen molar-refractivity contribution >= 4 is 39.1 Å². The Morgan fingerprint density at radius 2 is 1.60 bits per heavy atom. The van der Waals surface area contributed by atoms with Crippen molar-refractivity contribution in [3.63, 3.8) is 0 Å². The van der Waals surface area contributed by atoms with Crippen molar-refractivity contribution in [2.24, 2.45) is 5.18 Å². The van der Waals surface area contributed by atoms with E-state index in [0.717, 1.165) is 5.52 Å². The van der Waals surface area contributed by atoms with Crippen LogP contribution < -0.4 is 5.32 Å². The molecular weight excluding hydrogens is 380 g/mol. The first-order valence-electron chi connectivity index (χ1n) is 9.31. The lowest BCUT2D eigenvalue weighted by Crippen LogP contribution is -2.11. The highest BCUT2D eigenvalue weighted by molar-refractivity contribution is 6.09. The zero-order chi connectivity index (χ0) is 20.7. The van der Waals surface area contributed by atoms with Crippen LogP contribution in [-0.4, -0.2) is 21.0 Å². The van der Waals surface area contributed by atoms with Crippen LogP contribution in [0.4, 0.5) is 11.4 Å². The van der Waals surface area contributed by atoms with Crippen LogP contribution in [0, 0.1) is 4.91 Å². The number of aromatic hydroxyl groups is 1. The van der Waals surface area contributed by atoms with Gasteiger partial charge in [0.1, 0.15) is 5.69 Å². The normalized spacial score (nSPS) is 11.1. The van der Waals surface area contributed by atoms with Gasteiger partial charge < -0.3 is 20.4 Å². The number of rotatable bonds is 4. The van der Waals surface area contributed by atoms with Crippen molar-refractivity contribution in [3.05, 3.63) is 83.3 Å². The maximum Gasteiger partial charge on any atom is 0.255 e. The Hall–Kier alpha value is -4.39. The molecule has 7 nitrogen and oxygen atoms in total. The number of carbonyl (C=O) groups is 1. The van der Waals surface area contributed by atoms with Gasteiger partial charge in [-0.05, 0) is 41.6 Å². The minimum Gasteiger partial charge on any atom is -0.494 e. The molecule has 0 fully saturated rings. The smallest absolute Gasteiger partial charge is 0.255 e. The van der Waals surface area contributed by atoms with E-state index in [2.05, 4.69) is 20.5 Å². The molecule has 0 aliphatic rings. The summed E-state index contributed by atoms with van der Waals surface area (Å²) in [5.74, 6) is -0.329. The highest BCUT2D eigenvalue weighted by Crippen LogP contribution is 2.44. The van der Waals surface area contributed by atoms with Gasteiger partial charge in [-0.2, -0.15) is 0 Å². The zero-order valence-electron chi connectivity index (χ0n) is 15.6. The number of para-hydroxylation sites is 1. The van der Waals surface area contributed by atoms with Crippen molar-refractivity contribution in [3.8, 4) is 17.1 Å². The predicted molar refractivity (Wildman–Crippen MR) is 117 cm³/mol. The molecule has 0 unspecified atom stereocenters. The third kappa shape index (κ3) is 2.80. The number of anilines is 1. The molecule has 0 aliphatic heterocycles. The third-order valence-electron chi connectivity index (χ3n) is 5.09. The van der Waals surface area contributed by atoms with Crippen LogP contribution in [0.2, 0.25) is 0 Å². The highest BCUT2D eigenvalue weighted by atomic mass is 16.3. The second-order valence-corrected chi connectivity index (χ2v) is 6.91. The first-order chi connectivity index (χ1) is 14.7. The maximum atomic E-state index is 12.5. The molecule has 4 N–H and O–H groups in total. The number of fused-ring (bicyclic) bond motifs is 2. The molecule has 0 aliphatic carbocycles. The number of amides is 1. The molecule has 1 amide bonds. The summed E-state index contributed by atoms with van der Waals surface area (Å²) in [6.07, 6.45) is 0. The Kier molecular flexibility index (Phi) is 4.07. The molecule has 3 aromatic carbocycles. The Bertz CT molecular complexity index is 1420. The summed E-state index contributed by atoms with van der Waals surface area (Å²) in [5, 5.41) is 18.0. The number of aromatic amines is 2. The summed E-state index contributed by atoms with van der Waals surface area (Å²) in [6, 6.07) is 21.5. The third-order valence-corrected chi connectivity index (χ3v) is 5.09. The first-order valence-corrected chi connectivity index (χ1v) is 9.31. The molecule has 0 spiro atoms. The molecule has 146 valence electrons. The molecule has 0 bridgehead atoms. The summed E-state index contributed by atoms with van der Waals surface area (Å²) in [4.78, 5) is 30.2. The molecule has 0 saturated carbocycles. The number of hydrogen-bond acceptors (Lipinski definition) is 4. The largest absolute Gasteiger partial charge is 0.494 e. The number of nitroso groups, excluding NO2 is 1. The van der Waals surface area contributed by atoms with Gasteiger partial charge >= 0.3 is 0 Å². The van der Waals surface area contributed by atoms with E-state index in [1.807, 2.05) is 24.3 Å². The van der Waals surface area contributed by atoms with E-state index >= 15 is 0 Å². The highest BCUT2D eigenvalue weighted by Gasteiger charge is 2.21. The fourth-order valence-electron chi connectivity index (χ4n) is 3.70. The van der Waals surface area contributed by atoms with E-state index in [1.54, 1.807) is 48.5 Å². The Balaban J connectivity index is 1.63. The monoisotopic (exact) mass is 396 g/mol. The maximum absolute atomic E-state index is 12.5. The molecule has 2 heterocycles. The van der Waals surface area contributed by atoms with Crippen LogP contribution in [0.3, 0.4) is 0 Å². The molecule has 5 aromatic rings. The van der Waals surface area contributed by atoms with Gasteiger partial charge in [0, 0.05) is 33.1 Å². The summed E-state index contributed by atoms with van der Waals surface area (Å²) in [5.41, 5.74) is 3.57. The van der Waals surface area contributed by atoms with Crippen molar-refractivity contribution in [2.75, 3.05) is 5.32 Å². The number of hydrogen-bond donors (Lipinski definition) is 4. The van der Waals surface area contributed by atoms with Crippen LogP contribution in [-0.2, 0) is 0 Å². The average Bonchev–Trinajstić information content (AvgIpc) is 3.29. The first kappa shape index (κ1) is 17.7. The van der Waals surface area contributed by atoms with Gasteiger partial charge in [0.05, 0.1) is 11.3 Å². The summed E-state index contributed by atoms with van der Waals surface area (Å²) < 4.78 is 0. The van der Waals surface area contributed by atoms with Gasteiger partial charge in [-0.3, -0.25) is 4.79 Å². The SMILES string of the molecule is O=Nc1c(-c2c(O)[nH]c3ccc(NC(=O)c4ccccc4)cc23)[nH]c2ccccc12. The molecule has 2 aromatic heterocycles. The molecular formula is C23H16N4O3. The molecule has 7 heteroatoms. The standard InChI is InChI=1S/C23H16N4O3/c28-22(13-6-2-1-3-7-13)24-14-10-11-18-16(12-14)19(23(29)26-18)21-20(27-30)15-8-4-5-9-17(15)25-21/h1-12,25-26,29H,(H,24,28). The van der Waals surface area contributed by atoms with Gasteiger partial charge in [-0.15, -0.1) is 4.91 Å². The fourth-order valence-corrected chi connectivity index (χ4v) is 3.70. The summed E-state index contributed by atoms with van der Waals surface area (Å²) in [7, 11) is 0. The molecule has 5 rings (SSSR count). The van der Waals surface area contributed by atoms with Gasteiger partial charge in [-0.25, -0.2) is 0 Å². The quantitative estimate of drug-likeness (QED) is 0.294. The van der Waals surface area contributed by atoms with Gasteiger partial charge in [0.2, 0.25) is 0 Å². The number of aromatic nitrogens is 2. The predicted octanol–water partition coefficient (Wildman–Crippen LogP) is 5.67. The lowest BCUT2D eigenvalue weighted by Gasteiger charge is -2.06.